The van der Waals surface area contributed by atoms with Crippen LogP contribution in [0, 0.1) is 46.5 Å². The lowest BCUT2D eigenvalue weighted by Crippen LogP contribution is -2.23. The number of esters is 2. The Morgan fingerprint density at radius 3 is 0.835 bits per heavy atom. The van der Waals surface area contributed by atoms with Crippen molar-refractivity contribution >= 4 is 23.8 Å². The number of benzene rings is 4. The summed E-state index contributed by atoms with van der Waals surface area (Å²) in [6.07, 6.45) is 8.86. The van der Waals surface area contributed by atoms with E-state index in [1.165, 1.54) is 72.8 Å². The zero-order valence-corrected chi connectivity index (χ0v) is 51.8. The van der Waals surface area contributed by atoms with Crippen molar-refractivity contribution in [2.24, 2.45) is 11.5 Å². The first kappa shape index (κ1) is 67.6. The summed E-state index contributed by atoms with van der Waals surface area (Å²) in [4.78, 5) is 65.1. The van der Waals surface area contributed by atoms with E-state index in [0.717, 1.165) is 97.9 Å². The molecule has 4 N–H and O–H groups in total. The van der Waals surface area contributed by atoms with E-state index in [0.29, 0.717) is 70.7 Å². The van der Waals surface area contributed by atoms with Crippen molar-refractivity contribution in [1.82, 2.24) is 19.9 Å². The molecule has 8 aliphatic rings. The monoisotopic (exact) mass is 1340 g/mol. The van der Waals surface area contributed by atoms with Crippen molar-refractivity contribution in [1.29, 1.82) is 0 Å². The molecule has 24 heteroatoms. The summed E-state index contributed by atoms with van der Waals surface area (Å²) in [5.74, 6) is -7.74. The summed E-state index contributed by atoms with van der Waals surface area (Å²) in [6.45, 7) is 3.86. The zero-order chi connectivity index (χ0) is 67.4. The van der Waals surface area contributed by atoms with E-state index in [4.69, 9.17) is 39.9 Å². The minimum atomic E-state index is -0.684. The first-order chi connectivity index (χ1) is 46.2. The number of carbonyl (C=O) groups excluding carboxylic acids is 4. The molecule has 16 rings (SSSR count). The average molecular weight is 1340 g/mol. The van der Waals surface area contributed by atoms with Crippen LogP contribution in [0.3, 0.4) is 0 Å². The van der Waals surface area contributed by atoms with Crippen molar-refractivity contribution in [2.75, 3.05) is 13.2 Å². The number of fused-ring (bicyclic) bond motifs is 16. The van der Waals surface area contributed by atoms with Gasteiger partial charge in [0.15, 0.2) is 0 Å². The molecule has 504 valence electrons. The summed E-state index contributed by atoms with van der Waals surface area (Å²) >= 11 is 0. The number of hydrogen-bond acceptors (Lipinski definition) is 14. The Balaban J connectivity index is 0.000000123. The van der Waals surface area contributed by atoms with Crippen LogP contribution in [0.2, 0.25) is 0 Å². The summed E-state index contributed by atoms with van der Waals surface area (Å²) in [5.41, 5.74) is 20.4. The van der Waals surface area contributed by atoms with Crippen molar-refractivity contribution < 1.29 is 82.7 Å². The number of nitrogens with two attached hydrogens (primary N) is 2. The maximum Gasteiger partial charge on any atom is 0.356 e. The Morgan fingerprint density at radius 1 is 0.371 bits per heavy atom. The highest BCUT2D eigenvalue weighted by atomic mass is 19.2. The molecule has 4 saturated heterocycles. The molecule has 12 heterocycles. The van der Waals surface area contributed by atoms with Gasteiger partial charge in [-0.2, -0.15) is 0 Å². The Bertz CT molecular complexity index is 4190. The maximum absolute atomic E-state index is 14.4. The van der Waals surface area contributed by atoms with Gasteiger partial charge in [0.05, 0.1) is 60.4 Å². The van der Waals surface area contributed by atoms with Crippen LogP contribution in [-0.2, 0) is 54.1 Å². The van der Waals surface area contributed by atoms with Crippen molar-refractivity contribution in [2.45, 2.75) is 147 Å². The number of aromatic nitrogens is 4. The SMILES string of the molecule is C.CCOC(=O)c1cc(-c2ccc(F)cc2F)c2c(n1)[C@@H]1CC[C@H](C2)O1.CCOC(=O)c1cc(-c2ccc(F)cc2F)c2c(n1)[C@H]1CC[C@@H](C2)O1.NC(=O)c1cc(-c2ccc(F)cc2F)c2c(n1)[C@@H]1CC[C@H](C2)O1.NC(=O)c1cc(-c2ccc(F)cc2F)c2c(n1)[C@H]1CC[C@@H](C2)O1. The van der Waals surface area contributed by atoms with Crippen molar-refractivity contribution in [3.8, 4) is 44.5 Å². The Kier molecular flexibility index (Phi) is 19.5. The molecular weight excluding hydrogens is 1270 g/mol. The van der Waals surface area contributed by atoms with E-state index >= 15 is 0 Å². The van der Waals surface area contributed by atoms with Gasteiger partial charge in [-0.3, -0.25) is 9.59 Å². The number of rotatable bonds is 10. The molecule has 8 aliphatic heterocycles. The highest BCUT2D eigenvalue weighted by Crippen LogP contribution is 2.49. The van der Waals surface area contributed by atoms with Crippen LogP contribution < -0.4 is 11.5 Å². The number of amides is 2. The Labute approximate surface area is 552 Å². The third kappa shape index (κ3) is 13.7. The molecule has 8 bridgehead atoms. The molecular formula is C73H66F8N6O10. The fraction of sp³-hybridized carbons (Fsp3) is 0.342. The first-order valence-corrected chi connectivity index (χ1v) is 31.7. The highest BCUT2D eigenvalue weighted by Gasteiger charge is 2.42. The van der Waals surface area contributed by atoms with Gasteiger partial charge in [0.2, 0.25) is 0 Å². The number of ether oxygens (including phenoxy) is 6. The number of primary amides is 2. The number of halogens is 8. The molecule has 2 amide bonds. The van der Waals surface area contributed by atoms with Gasteiger partial charge in [0, 0.05) is 72.2 Å². The number of carbonyl (C=O) groups is 4. The Hall–Kier alpha value is -9.36. The summed E-state index contributed by atoms with van der Waals surface area (Å²) < 4.78 is 144. The molecule has 97 heavy (non-hydrogen) atoms. The van der Waals surface area contributed by atoms with E-state index in [1.54, 1.807) is 13.8 Å². The van der Waals surface area contributed by atoms with Crippen LogP contribution in [-0.4, -0.2) is 81.3 Å². The highest BCUT2D eigenvalue weighted by molar-refractivity contribution is 5.94. The quantitative estimate of drug-likeness (QED) is 0.0959. The molecule has 4 aromatic heterocycles. The topological polar surface area (TPSA) is 227 Å². The van der Waals surface area contributed by atoms with Crippen LogP contribution in [0.5, 0.6) is 0 Å². The molecule has 0 spiro atoms. The predicted octanol–water partition coefficient (Wildman–Crippen LogP) is 14.4. The van der Waals surface area contributed by atoms with Gasteiger partial charge >= 0.3 is 11.9 Å². The van der Waals surface area contributed by atoms with E-state index < -0.39 is 70.3 Å². The fourth-order valence-corrected chi connectivity index (χ4v) is 14.1. The summed E-state index contributed by atoms with van der Waals surface area (Å²) in [5, 5.41) is 0. The summed E-state index contributed by atoms with van der Waals surface area (Å²) in [7, 11) is 0. The molecule has 4 fully saturated rings. The van der Waals surface area contributed by atoms with Gasteiger partial charge in [-0.15, -0.1) is 0 Å². The van der Waals surface area contributed by atoms with Gasteiger partial charge in [0.1, 0.15) is 93.7 Å². The van der Waals surface area contributed by atoms with E-state index in [-0.39, 0.29) is 115 Å². The minimum absolute atomic E-state index is 0. The third-order valence-electron chi connectivity index (χ3n) is 18.4. The molecule has 0 radical (unpaired) electrons. The molecule has 8 atom stereocenters. The normalized spacial score (nSPS) is 21.3. The molecule has 0 unspecified atom stereocenters. The van der Waals surface area contributed by atoms with E-state index in [2.05, 4.69) is 19.9 Å². The zero-order valence-electron chi connectivity index (χ0n) is 51.8. The second-order valence-corrected chi connectivity index (χ2v) is 24.5. The largest absolute Gasteiger partial charge is 0.461 e. The van der Waals surface area contributed by atoms with Gasteiger partial charge in [-0.05, 0) is 183 Å². The number of hydrogen-bond donors (Lipinski definition) is 2. The van der Waals surface area contributed by atoms with Crippen LogP contribution in [0.1, 0.15) is 184 Å². The molecule has 4 aromatic carbocycles. The second kappa shape index (κ2) is 28.0. The molecule has 0 saturated carbocycles. The first-order valence-electron chi connectivity index (χ1n) is 31.7. The third-order valence-corrected chi connectivity index (χ3v) is 18.4. The molecule has 8 aromatic rings. The lowest BCUT2D eigenvalue weighted by molar-refractivity contribution is 0.0288. The van der Waals surface area contributed by atoms with Crippen LogP contribution >= 0.6 is 0 Å². The fourth-order valence-electron chi connectivity index (χ4n) is 14.1. The van der Waals surface area contributed by atoms with Crippen LogP contribution in [0.15, 0.2) is 97.1 Å². The lowest BCUT2D eigenvalue weighted by atomic mass is 9.92. The van der Waals surface area contributed by atoms with Crippen LogP contribution in [0.25, 0.3) is 44.5 Å². The Morgan fingerprint density at radius 2 is 0.608 bits per heavy atom. The smallest absolute Gasteiger partial charge is 0.356 e. The predicted molar refractivity (Wildman–Crippen MR) is 336 cm³/mol. The minimum Gasteiger partial charge on any atom is -0.461 e. The lowest BCUT2D eigenvalue weighted by Gasteiger charge is -2.26. The van der Waals surface area contributed by atoms with Gasteiger partial charge < -0.3 is 39.9 Å². The maximum atomic E-state index is 14.4. The van der Waals surface area contributed by atoms with Gasteiger partial charge in [-0.25, -0.2) is 64.6 Å². The van der Waals surface area contributed by atoms with Gasteiger partial charge in [0.25, 0.3) is 11.8 Å². The van der Waals surface area contributed by atoms with Gasteiger partial charge in [-0.1, -0.05) is 7.43 Å². The van der Waals surface area contributed by atoms with E-state index in [9.17, 15) is 54.3 Å². The summed E-state index contributed by atoms with van der Waals surface area (Å²) in [6, 6.07) is 19.8. The molecule has 0 aliphatic carbocycles. The number of nitrogens with zero attached hydrogens (tertiary/aromatic N) is 4. The number of pyridine rings is 4. The van der Waals surface area contributed by atoms with E-state index in [1.807, 2.05) is 0 Å². The standard InChI is InChI=1S/2C19H17F2NO3.2C17H14F2N2O2.CH4/c2*1-2-24-19(23)16-9-13(12-5-3-10(20)7-15(12)21)14-8-11-4-6-17(25-11)18(14)22-16;2*18-8-1-3-10(13(19)5-8)11-7-14(17(20)22)21-16-12(11)6-9-2-4-15(16)23-9;/h2*3,5,7,9,11,17H,2,4,6,8H2,1H3;2*1,3,5,7,9,15H,2,4,6H2,(H2,20,22);1H4/t2*11-,17+;2*9-,15+;/m1010./s1. The average Bonchev–Trinajstić information content (AvgIpc) is 1.77. The van der Waals surface area contributed by atoms with Crippen LogP contribution in [0.4, 0.5) is 35.1 Å². The van der Waals surface area contributed by atoms with Crippen molar-refractivity contribution in [3.05, 3.63) is 211 Å². The van der Waals surface area contributed by atoms with Crippen molar-refractivity contribution in [3.63, 3.8) is 0 Å². The molecule has 16 nitrogen and oxygen atoms in total. The second-order valence-electron chi connectivity index (χ2n) is 24.5.